The molecule has 1 amide bonds. The van der Waals surface area contributed by atoms with Gasteiger partial charge in [-0.2, -0.15) is 0 Å². The highest BCUT2D eigenvalue weighted by Crippen LogP contribution is 2.34. The lowest BCUT2D eigenvalue weighted by molar-refractivity contribution is 0.0925. The maximum Gasteiger partial charge on any atom is 0.255 e. The molecular weight excluding hydrogens is 336 g/mol. The molecule has 1 atom stereocenters. The van der Waals surface area contributed by atoms with Gasteiger partial charge < -0.3 is 20.9 Å². The van der Waals surface area contributed by atoms with Crippen molar-refractivity contribution < 1.29 is 4.79 Å². The lowest BCUT2D eigenvalue weighted by Crippen LogP contribution is -2.49. The highest BCUT2D eigenvalue weighted by atomic mass is 16.2. The third kappa shape index (κ3) is 3.78. The number of nitrogens with two attached hydrogens (primary N) is 1. The Labute approximate surface area is 161 Å². The molecule has 1 fully saturated rings. The van der Waals surface area contributed by atoms with Crippen molar-refractivity contribution in [1.29, 1.82) is 0 Å². The van der Waals surface area contributed by atoms with Crippen LogP contribution in [-0.2, 0) is 0 Å². The molecule has 27 heavy (non-hydrogen) atoms. The fourth-order valence-corrected chi connectivity index (χ4v) is 4.09. The maximum atomic E-state index is 12.7. The summed E-state index contributed by atoms with van der Waals surface area (Å²) >= 11 is 0. The molecule has 0 aliphatic carbocycles. The van der Waals surface area contributed by atoms with E-state index < -0.39 is 0 Å². The molecule has 1 saturated heterocycles. The van der Waals surface area contributed by atoms with E-state index in [4.69, 9.17) is 5.73 Å². The topological polar surface area (TPSA) is 61.6 Å². The Hall–Kier alpha value is -2.53. The second kappa shape index (κ2) is 7.61. The molecule has 2 heterocycles. The van der Waals surface area contributed by atoms with Crippen LogP contribution in [0, 0.1) is 5.92 Å². The van der Waals surface area contributed by atoms with E-state index in [9.17, 15) is 4.79 Å². The number of benzene rings is 2. The van der Waals surface area contributed by atoms with E-state index >= 15 is 0 Å². The number of nitrogens with one attached hydrogen (secondary N) is 1. The van der Waals surface area contributed by atoms with Crippen molar-refractivity contribution in [2.24, 2.45) is 5.92 Å². The summed E-state index contributed by atoms with van der Waals surface area (Å²) in [4.78, 5) is 17.6. The van der Waals surface area contributed by atoms with Crippen LogP contribution in [0.3, 0.4) is 0 Å². The summed E-state index contributed by atoms with van der Waals surface area (Å²) in [6.07, 6.45) is 2.39. The van der Waals surface area contributed by atoms with Crippen LogP contribution in [0.5, 0.6) is 0 Å². The van der Waals surface area contributed by atoms with Crippen molar-refractivity contribution in [3.05, 3.63) is 59.7 Å². The lowest BCUT2D eigenvalue weighted by atomic mass is 9.99. The second-order valence-corrected chi connectivity index (χ2v) is 7.78. The van der Waals surface area contributed by atoms with Crippen molar-refractivity contribution >= 4 is 17.3 Å². The Morgan fingerprint density at radius 2 is 1.81 bits per heavy atom. The Kier molecular flexibility index (Phi) is 5.03. The zero-order chi connectivity index (χ0) is 18.8. The zero-order valence-electron chi connectivity index (χ0n) is 15.9. The number of rotatable bonds is 4. The predicted molar refractivity (Wildman–Crippen MR) is 110 cm³/mol. The second-order valence-electron chi connectivity index (χ2n) is 7.78. The van der Waals surface area contributed by atoms with E-state index in [1.807, 2.05) is 30.3 Å². The van der Waals surface area contributed by atoms with Gasteiger partial charge in [0.1, 0.15) is 6.17 Å². The van der Waals surface area contributed by atoms with Gasteiger partial charge in [-0.15, -0.1) is 0 Å². The number of fused-ring (bicyclic) bond motifs is 1. The molecule has 0 aromatic heterocycles. The average molecular weight is 364 g/mol. The number of likely N-dealkylation sites (tertiary alicyclic amines) is 1. The molecule has 4 rings (SSSR count). The van der Waals surface area contributed by atoms with E-state index in [-0.39, 0.29) is 12.1 Å². The van der Waals surface area contributed by atoms with E-state index in [2.05, 4.69) is 34.2 Å². The first kappa shape index (κ1) is 17.9. The molecule has 0 radical (unpaired) electrons. The third-order valence-corrected chi connectivity index (χ3v) is 5.80. The van der Waals surface area contributed by atoms with Gasteiger partial charge in [-0.05, 0) is 55.6 Å². The van der Waals surface area contributed by atoms with Crippen molar-refractivity contribution in [3.8, 4) is 0 Å². The Balaban J connectivity index is 1.61. The lowest BCUT2D eigenvalue weighted by Gasteiger charge is -2.41. The molecule has 0 spiro atoms. The fraction of sp³-hybridized carbons (Fsp3) is 0.409. The quantitative estimate of drug-likeness (QED) is 0.818. The minimum absolute atomic E-state index is 0.0609. The van der Waals surface area contributed by atoms with Crippen LogP contribution in [0.25, 0.3) is 0 Å². The van der Waals surface area contributed by atoms with Crippen molar-refractivity contribution in [2.75, 3.05) is 36.8 Å². The minimum Gasteiger partial charge on any atom is -0.399 e. The normalized spacial score (nSPS) is 21.0. The highest BCUT2D eigenvalue weighted by molar-refractivity contribution is 6.02. The number of anilines is 2. The molecule has 2 aliphatic heterocycles. The van der Waals surface area contributed by atoms with Crippen LogP contribution in [0.15, 0.2) is 48.5 Å². The van der Waals surface area contributed by atoms with Gasteiger partial charge in [-0.25, -0.2) is 0 Å². The average Bonchev–Trinajstić information content (AvgIpc) is 2.69. The number of hydrogen-bond donors (Lipinski definition) is 2. The first-order valence-electron chi connectivity index (χ1n) is 9.86. The Bertz CT molecular complexity index is 799. The predicted octanol–water partition coefficient (Wildman–Crippen LogP) is 3.25. The highest BCUT2D eigenvalue weighted by Gasteiger charge is 2.32. The number of nitrogen functional groups attached to an aromatic ring is 1. The summed E-state index contributed by atoms with van der Waals surface area (Å²) in [5, 5.41) is 3.17. The van der Waals surface area contributed by atoms with E-state index in [0.29, 0.717) is 11.3 Å². The number of hydrogen-bond acceptors (Lipinski definition) is 4. The van der Waals surface area contributed by atoms with Crippen LogP contribution in [0.2, 0.25) is 0 Å². The molecule has 0 bridgehead atoms. The summed E-state index contributed by atoms with van der Waals surface area (Å²) < 4.78 is 0. The monoisotopic (exact) mass is 364 g/mol. The summed E-state index contributed by atoms with van der Waals surface area (Å²) in [5.41, 5.74) is 9.27. The largest absolute Gasteiger partial charge is 0.399 e. The zero-order valence-corrected chi connectivity index (χ0v) is 15.9. The molecule has 3 N–H and O–H groups in total. The molecular formula is C22H28N4O. The molecule has 1 unspecified atom stereocenters. The molecule has 0 saturated carbocycles. The van der Waals surface area contributed by atoms with Gasteiger partial charge in [0, 0.05) is 18.8 Å². The van der Waals surface area contributed by atoms with Gasteiger partial charge in [0.15, 0.2) is 0 Å². The molecule has 142 valence electrons. The summed E-state index contributed by atoms with van der Waals surface area (Å²) in [7, 11) is 0. The van der Waals surface area contributed by atoms with Crippen molar-refractivity contribution in [1.82, 2.24) is 10.2 Å². The van der Waals surface area contributed by atoms with Crippen molar-refractivity contribution in [3.63, 3.8) is 0 Å². The maximum absolute atomic E-state index is 12.7. The summed E-state index contributed by atoms with van der Waals surface area (Å²) in [5.74, 6) is 0.769. The first-order chi connectivity index (χ1) is 13.1. The van der Waals surface area contributed by atoms with Gasteiger partial charge >= 0.3 is 0 Å². The number of piperidine rings is 1. The standard InChI is InChI=1S/C22H28N4O/c1-16-9-11-25(12-10-16)13-14-26-20-8-7-18(23)15-19(20)22(27)24-21(26)17-5-3-2-4-6-17/h2-8,15-16,21H,9-14,23H2,1H3,(H,24,27). The smallest absolute Gasteiger partial charge is 0.255 e. The number of carbonyl (C=O) groups excluding carboxylic acids is 1. The molecule has 5 heteroatoms. The summed E-state index contributed by atoms with van der Waals surface area (Å²) in [6, 6.07) is 15.8. The number of amides is 1. The van der Waals surface area contributed by atoms with E-state index in [0.717, 1.165) is 43.3 Å². The van der Waals surface area contributed by atoms with Crippen molar-refractivity contribution in [2.45, 2.75) is 25.9 Å². The first-order valence-corrected chi connectivity index (χ1v) is 9.86. The van der Waals surface area contributed by atoms with Gasteiger partial charge in [0.25, 0.3) is 5.91 Å². The molecule has 5 nitrogen and oxygen atoms in total. The Morgan fingerprint density at radius 1 is 1.07 bits per heavy atom. The molecule has 2 aromatic rings. The number of nitrogens with zero attached hydrogens (tertiary/aromatic N) is 2. The van der Waals surface area contributed by atoms with Crippen LogP contribution in [0.4, 0.5) is 11.4 Å². The van der Waals surface area contributed by atoms with Gasteiger partial charge in [-0.3, -0.25) is 4.79 Å². The number of carbonyl (C=O) groups is 1. The van der Waals surface area contributed by atoms with Crippen LogP contribution in [-0.4, -0.2) is 37.0 Å². The fourth-order valence-electron chi connectivity index (χ4n) is 4.09. The molecule has 2 aromatic carbocycles. The minimum atomic E-state index is -0.154. The SMILES string of the molecule is CC1CCN(CCN2c3ccc(N)cc3C(=O)NC2c2ccccc2)CC1. The summed E-state index contributed by atoms with van der Waals surface area (Å²) in [6.45, 7) is 6.52. The van der Waals surface area contributed by atoms with E-state index in [1.165, 1.54) is 12.8 Å². The molecule has 2 aliphatic rings. The third-order valence-electron chi connectivity index (χ3n) is 5.80. The van der Waals surface area contributed by atoms with Crippen LogP contribution >= 0.6 is 0 Å². The van der Waals surface area contributed by atoms with Gasteiger partial charge in [0.2, 0.25) is 0 Å². The van der Waals surface area contributed by atoms with Crippen LogP contribution < -0.4 is 16.0 Å². The van der Waals surface area contributed by atoms with Gasteiger partial charge in [0.05, 0.1) is 11.3 Å². The Morgan fingerprint density at radius 3 is 2.56 bits per heavy atom. The van der Waals surface area contributed by atoms with Gasteiger partial charge in [-0.1, -0.05) is 37.3 Å². The van der Waals surface area contributed by atoms with Crippen LogP contribution in [0.1, 0.15) is 41.9 Å². The van der Waals surface area contributed by atoms with E-state index in [1.54, 1.807) is 6.07 Å².